The van der Waals surface area contributed by atoms with E-state index in [0.717, 1.165) is 18.4 Å². The first-order valence-corrected chi connectivity index (χ1v) is 9.53. The number of fused-ring (bicyclic) bond motifs is 1. The third-order valence-electron chi connectivity index (χ3n) is 5.32. The predicted molar refractivity (Wildman–Crippen MR) is 106 cm³/mol. The first kappa shape index (κ1) is 20.7. The number of carbonyl (C=O) groups excluding carboxylic acids is 2. The number of nitrogens with zero attached hydrogens (tertiary/aromatic N) is 3. The molecule has 1 aromatic heterocycles. The molecule has 3 rings (SSSR count). The molecule has 0 fully saturated rings. The topological polar surface area (TPSA) is 90.7 Å². The Morgan fingerprint density at radius 3 is 2.59 bits per heavy atom. The first-order valence-electron chi connectivity index (χ1n) is 9.53. The van der Waals surface area contributed by atoms with Crippen LogP contribution < -0.4 is 10.3 Å². The molecule has 2 heterocycles. The lowest BCUT2D eigenvalue weighted by atomic mass is 10.00. The third-order valence-corrected chi connectivity index (χ3v) is 5.32. The highest BCUT2D eigenvalue weighted by atomic mass is 16.5. The largest absolute Gasteiger partial charge is 0.464 e. The maximum atomic E-state index is 13.0. The number of ether oxygens (including phenoxy) is 2. The molecule has 2 atom stereocenters. The van der Waals surface area contributed by atoms with Gasteiger partial charge in [-0.05, 0) is 32.4 Å². The summed E-state index contributed by atoms with van der Waals surface area (Å²) in [6.45, 7) is 3.70. The van der Waals surface area contributed by atoms with Gasteiger partial charge in [-0.3, -0.25) is 19.1 Å². The van der Waals surface area contributed by atoms with Crippen molar-refractivity contribution in [3.8, 4) is 5.75 Å². The minimum absolute atomic E-state index is 0.0689. The normalized spacial score (nSPS) is 16.8. The second-order valence-corrected chi connectivity index (χ2v) is 7.10. The monoisotopic (exact) mass is 399 g/mol. The Bertz CT molecular complexity index is 970. The van der Waals surface area contributed by atoms with Gasteiger partial charge in [-0.2, -0.15) is 0 Å². The molecular formula is C21H25N3O5. The van der Waals surface area contributed by atoms with Crippen LogP contribution in [0, 0.1) is 0 Å². The van der Waals surface area contributed by atoms with Crippen molar-refractivity contribution < 1.29 is 19.1 Å². The fraction of sp³-hybridized carbons (Fsp3) is 0.429. The van der Waals surface area contributed by atoms with Gasteiger partial charge < -0.3 is 9.47 Å². The molecule has 29 heavy (non-hydrogen) atoms. The Hall–Kier alpha value is -3.00. The molecule has 154 valence electrons. The smallest absolute Gasteiger partial charge is 0.360 e. The van der Waals surface area contributed by atoms with E-state index in [1.165, 1.54) is 18.6 Å². The fourth-order valence-electron chi connectivity index (χ4n) is 3.69. The summed E-state index contributed by atoms with van der Waals surface area (Å²) < 4.78 is 11.3. The molecule has 8 nitrogen and oxygen atoms in total. The second kappa shape index (κ2) is 8.57. The van der Waals surface area contributed by atoms with Gasteiger partial charge in [-0.25, -0.2) is 9.78 Å². The van der Waals surface area contributed by atoms with Crippen LogP contribution in [0.1, 0.15) is 60.6 Å². The van der Waals surface area contributed by atoms with E-state index in [-0.39, 0.29) is 23.5 Å². The van der Waals surface area contributed by atoms with Gasteiger partial charge in [-0.1, -0.05) is 30.3 Å². The number of rotatable bonds is 5. The Morgan fingerprint density at radius 1 is 1.28 bits per heavy atom. The van der Waals surface area contributed by atoms with E-state index >= 15 is 0 Å². The van der Waals surface area contributed by atoms with E-state index in [1.54, 1.807) is 0 Å². The molecule has 0 amide bonds. The second-order valence-electron chi connectivity index (χ2n) is 7.10. The van der Waals surface area contributed by atoms with Crippen LogP contribution in [0.2, 0.25) is 0 Å². The van der Waals surface area contributed by atoms with Crippen molar-refractivity contribution >= 4 is 11.9 Å². The van der Waals surface area contributed by atoms with Crippen LogP contribution >= 0.6 is 0 Å². The van der Waals surface area contributed by atoms with Crippen molar-refractivity contribution in [3.05, 3.63) is 57.8 Å². The van der Waals surface area contributed by atoms with Gasteiger partial charge in [0.15, 0.2) is 5.69 Å². The average Bonchev–Trinajstić information content (AvgIpc) is 2.74. The zero-order valence-corrected chi connectivity index (χ0v) is 17.0. The Kier molecular flexibility index (Phi) is 6.12. The lowest BCUT2D eigenvalue weighted by molar-refractivity contribution is -0.132. The summed E-state index contributed by atoms with van der Waals surface area (Å²) in [5.41, 5.74) is 0.321. The minimum atomic E-state index is -0.815. The molecule has 0 bridgehead atoms. The molecule has 0 aliphatic carbocycles. The Balaban J connectivity index is 2.08. The summed E-state index contributed by atoms with van der Waals surface area (Å²) in [6.07, 6.45) is 1.55. The predicted octanol–water partition coefficient (Wildman–Crippen LogP) is 2.48. The van der Waals surface area contributed by atoms with Gasteiger partial charge in [0.2, 0.25) is 5.75 Å². The van der Waals surface area contributed by atoms with Gasteiger partial charge in [0.25, 0.3) is 5.56 Å². The highest BCUT2D eigenvalue weighted by molar-refractivity contribution is 5.91. The quantitative estimate of drug-likeness (QED) is 0.714. The summed E-state index contributed by atoms with van der Waals surface area (Å²) in [5, 5.41) is 0. The summed E-state index contributed by atoms with van der Waals surface area (Å²) in [6, 6.07) is 9.92. The van der Waals surface area contributed by atoms with Gasteiger partial charge in [0.05, 0.1) is 13.2 Å². The van der Waals surface area contributed by atoms with Gasteiger partial charge >= 0.3 is 11.9 Å². The van der Waals surface area contributed by atoms with Crippen LogP contribution in [-0.4, -0.2) is 40.5 Å². The number of hydrogen-bond donors (Lipinski definition) is 0. The SMILES string of the molecule is COC(=O)c1nc2n(c(=O)c1OC(C)=O)CCC[C@@H]2N(C)[C@H](C)c1ccccc1. The fourth-order valence-corrected chi connectivity index (χ4v) is 3.69. The van der Waals surface area contributed by atoms with E-state index in [9.17, 15) is 14.4 Å². The summed E-state index contributed by atoms with van der Waals surface area (Å²) in [7, 11) is 3.17. The molecule has 2 aromatic rings. The van der Waals surface area contributed by atoms with Crippen molar-refractivity contribution in [2.45, 2.75) is 45.3 Å². The third kappa shape index (κ3) is 4.07. The van der Waals surface area contributed by atoms with Crippen LogP contribution in [0.5, 0.6) is 5.75 Å². The number of methoxy groups -OCH3 is 1. The standard InChI is InChI=1S/C21H25N3O5/c1-13(15-9-6-5-7-10-15)23(3)16-11-8-12-24-19(16)22-17(21(27)28-4)18(20(24)26)29-14(2)25/h5-7,9-10,13,16H,8,11-12H2,1-4H3/t13-,16+/m1/s1. The zero-order chi connectivity index (χ0) is 21.1. The number of aromatic nitrogens is 2. The number of esters is 2. The van der Waals surface area contributed by atoms with E-state index in [2.05, 4.69) is 16.8 Å². The highest BCUT2D eigenvalue weighted by Crippen LogP contribution is 2.34. The molecule has 1 aliphatic rings. The van der Waals surface area contributed by atoms with Gasteiger partial charge in [0, 0.05) is 19.5 Å². The molecule has 0 radical (unpaired) electrons. The lowest BCUT2D eigenvalue weighted by Gasteiger charge is -2.36. The first-order chi connectivity index (χ1) is 13.8. The zero-order valence-electron chi connectivity index (χ0n) is 17.0. The van der Waals surface area contributed by atoms with Gasteiger partial charge in [-0.15, -0.1) is 0 Å². The number of hydrogen-bond acceptors (Lipinski definition) is 7. The van der Waals surface area contributed by atoms with E-state index in [0.29, 0.717) is 12.4 Å². The van der Waals surface area contributed by atoms with Crippen LogP contribution in [0.15, 0.2) is 35.1 Å². The van der Waals surface area contributed by atoms with Crippen LogP contribution in [0.3, 0.4) is 0 Å². The number of benzene rings is 1. The molecule has 1 aliphatic heterocycles. The van der Waals surface area contributed by atoms with Crippen molar-refractivity contribution in [1.82, 2.24) is 14.5 Å². The Labute approximate surface area is 169 Å². The molecule has 0 spiro atoms. The van der Waals surface area contributed by atoms with E-state index < -0.39 is 17.5 Å². The summed E-state index contributed by atoms with van der Waals surface area (Å²) in [5.74, 6) is -1.42. The molecule has 0 N–H and O–H groups in total. The van der Waals surface area contributed by atoms with Crippen LogP contribution in [-0.2, 0) is 16.1 Å². The van der Waals surface area contributed by atoms with Crippen molar-refractivity contribution in [3.63, 3.8) is 0 Å². The maximum absolute atomic E-state index is 13.0. The average molecular weight is 399 g/mol. The summed E-state index contributed by atoms with van der Waals surface area (Å²) in [4.78, 5) is 43.3. The van der Waals surface area contributed by atoms with Crippen LogP contribution in [0.4, 0.5) is 0 Å². The van der Waals surface area contributed by atoms with E-state index in [1.807, 2.05) is 37.4 Å². The molecular weight excluding hydrogens is 374 g/mol. The van der Waals surface area contributed by atoms with Crippen molar-refractivity contribution in [1.29, 1.82) is 0 Å². The number of carbonyl (C=O) groups is 2. The molecule has 0 saturated heterocycles. The van der Waals surface area contributed by atoms with Crippen molar-refractivity contribution in [2.24, 2.45) is 0 Å². The van der Waals surface area contributed by atoms with Crippen molar-refractivity contribution in [2.75, 3.05) is 14.2 Å². The maximum Gasteiger partial charge on any atom is 0.360 e. The summed E-state index contributed by atoms with van der Waals surface area (Å²) >= 11 is 0. The molecule has 0 saturated carbocycles. The van der Waals surface area contributed by atoms with Gasteiger partial charge in [0.1, 0.15) is 5.82 Å². The highest BCUT2D eigenvalue weighted by Gasteiger charge is 2.33. The molecule has 8 heteroatoms. The van der Waals surface area contributed by atoms with Crippen LogP contribution in [0.25, 0.3) is 0 Å². The Morgan fingerprint density at radius 2 is 1.97 bits per heavy atom. The lowest BCUT2D eigenvalue weighted by Crippen LogP contribution is -2.39. The minimum Gasteiger partial charge on any atom is -0.464 e. The molecule has 0 unspecified atom stereocenters. The van der Waals surface area contributed by atoms with E-state index in [4.69, 9.17) is 9.47 Å². The molecule has 1 aromatic carbocycles.